The third kappa shape index (κ3) is 3.78. The molecule has 3 rings (SSSR count). The van der Waals surface area contributed by atoms with Gasteiger partial charge in [0.1, 0.15) is 10.8 Å². The van der Waals surface area contributed by atoms with E-state index in [2.05, 4.69) is 23.2 Å². The first-order valence-corrected chi connectivity index (χ1v) is 9.24. The van der Waals surface area contributed by atoms with Crippen molar-refractivity contribution in [2.45, 2.75) is 26.2 Å². The lowest BCUT2D eigenvalue weighted by molar-refractivity contribution is -0.137. The number of carboxylic acids is 1. The summed E-state index contributed by atoms with van der Waals surface area (Å²) in [7, 11) is 1.68. The summed E-state index contributed by atoms with van der Waals surface area (Å²) in [5.74, 6) is -0.170. The molecule has 1 aromatic heterocycles. The van der Waals surface area contributed by atoms with Crippen molar-refractivity contribution in [2.24, 2.45) is 0 Å². The number of aryl methyl sites for hydroxylation is 2. The van der Waals surface area contributed by atoms with Crippen LogP contribution in [-0.4, -0.2) is 23.2 Å². The molecule has 0 saturated heterocycles. The van der Waals surface area contributed by atoms with E-state index in [0.717, 1.165) is 38.6 Å². The van der Waals surface area contributed by atoms with Gasteiger partial charge in [-0.2, -0.15) is 0 Å². The Bertz CT molecular complexity index is 896. The molecule has 2 aromatic carbocycles. The number of hydrogen-bond acceptors (Lipinski definition) is 4. The Hall–Kier alpha value is -2.66. The molecule has 1 unspecified atom stereocenters. The molecule has 1 N–H and O–H groups in total. The van der Waals surface area contributed by atoms with Crippen LogP contribution in [0.5, 0.6) is 5.75 Å². The molecule has 0 spiro atoms. The Labute approximate surface area is 157 Å². The fourth-order valence-electron chi connectivity index (χ4n) is 3.30. The van der Waals surface area contributed by atoms with Gasteiger partial charge in [0.15, 0.2) is 0 Å². The van der Waals surface area contributed by atoms with Gasteiger partial charge in [0, 0.05) is 17.5 Å². The van der Waals surface area contributed by atoms with E-state index in [0.29, 0.717) is 0 Å². The minimum absolute atomic E-state index is 0.0254. The Balaban J connectivity index is 2.03. The fourth-order valence-corrected chi connectivity index (χ4v) is 4.07. The number of methoxy groups -OCH3 is 1. The number of aliphatic carboxylic acids is 1. The van der Waals surface area contributed by atoms with E-state index in [1.807, 2.05) is 37.4 Å². The number of aromatic nitrogens is 1. The van der Waals surface area contributed by atoms with E-state index < -0.39 is 5.97 Å². The number of hydrogen-bond donors (Lipinski definition) is 1. The van der Waals surface area contributed by atoms with Crippen molar-refractivity contribution < 1.29 is 14.6 Å². The summed E-state index contributed by atoms with van der Waals surface area (Å²) < 4.78 is 5.45. The lowest BCUT2D eigenvalue weighted by Crippen LogP contribution is -2.07. The first-order chi connectivity index (χ1) is 12.5. The smallest absolute Gasteiger partial charge is 0.304 e. The molecule has 0 radical (unpaired) electrons. The maximum absolute atomic E-state index is 11.4. The van der Waals surface area contributed by atoms with Gasteiger partial charge in [-0.25, -0.2) is 4.98 Å². The van der Waals surface area contributed by atoms with Crippen molar-refractivity contribution >= 4 is 17.3 Å². The zero-order valence-electron chi connectivity index (χ0n) is 15.0. The number of rotatable bonds is 6. The number of thiazole rings is 1. The molecule has 0 aliphatic rings. The van der Waals surface area contributed by atoms with E-state index >= 15 is 0 Å². The molecular weight excluding hydrogens is 346 g/mol. The maximum atomic E-state index is 11.4. The molecule has 1 heterocycles. The van der Waals surface area contributed by atoms with Gasteiger partial charge in [0.05, 0.1) is 13.5 Å². The number of benzene rings is 2. The van der Waals surface area contributed by atoms with Gasteiger partial charge in [-0.15, -0.1) is 11.3 Å². The average Bonchev–Trinajstić information content (AvgIpc) is 3.13. The fraction of sp³-hybridized carbons (Fsp3) is 0.238. The highest BCUT2D eigenvalue weighted by Crippen LogP contribution is 2.34. The second-order valence-electron chi connectivity index (χ2n) is 6.29. The maximum Gasteiger partial charge on any atom is 0.304 e. The highest BCUT2D eigenvalue weighted by molar-refractivity contribution is 7.09. The van der Waals surface area contributed by atoms with Crippen molar-refractivity contribution in [3.8, 4) is 16.9 Å². The van der Waals surface area contributed by atoms with Gasteiger partial charge in [-0.05, 0) is 53.8 Å². The van der Waals surface area contributed by atoms with Crippen molar-refractivity contribution in [1.82, 2.24) is 4.98 Å². The molecule has 0 bridgehead atoms. The monoisotopic (exact) mass is 367 g/mol. The molecule has 0 aliphatic heterocycles. The molecule has 0 saturated carbocycles. The van der Waals surface area contributed by atoms with E-state index in [4.69, 9.17) is 4.74 Å². The molecule has 0 aliphatic carbocycles. The highest BCUT2D eigenvalue weighted by Gasteiger charge is 2.21. The second-order valence-corrected chi connectivity index (χ2v) is 7.22. The van der Waals surface area contributed by atoms with Crippen LogP contribution in [-0.2, 0) is 4.79 Å². The van der Waals surface area contributed by atoms with Crippen LogP contribution in [0.25, 0.3) is 11.1 Å². The van der Waals surface area contributed by atoms with E-state index in [1.54, 1.807) is 13.3 Å². The molecular formula is C21H21NO3S. The van der Waals surface area contributed by atoms with Crippen LogP contribution in [0, 0.1) is 13.8 Å². The largest absolute Gasteiger partial charge is 0.496 e. The van der Waals surface area contributed by atoms with E-state index in [1.165, 1.54) is 11.3 Å². The lowest BCUT2D eigenvalue weighted by Gasteiger charge is -2.15. The highest BCUT2D eigenvalue weighted by atomic mass is 32.1. The predicted octanol–water partition coefficient (Wildman–Crippen LogP) is 5.04. The van der Waals surface area contributed by atoms with E-state index in [9.17, 15) is 9.90 Å². The summed E-state index contributed by atoms with van der Waals surface area (Å²) >= 11 is 1.49. The quantitative estimate of drug-likeness (QED) is 0.663. The Morgan fingerprint density at radius 3 is 2.50 bits per heavy atom. The average molecular weight is 367 g/mol. The van der Waals surface area contributed by atoms with Gasteiger partial charge in [0.2, 0.25) is 0 Å². The van der Waals surface area contributed by atoms with Crippen LogP contribution in [0.15, 0.2) is 48.0 Å². The standard InChI is InChI=1S/C21H21NO3S/c1-13-9-17(10-14(2)20(13)25-3)15-5-4-6-16(11-15)18(12-19(23)24)21-22-7-8-26-21/h4-11,18H,12H2,1-3H3,(H,23,24). The summed E-state index contributed by atoms with van der Waals surface area (Å²) in [6, 6.07) is 12.3. The zero-order chi connectivity index (χ0) is 18.7. The van der Waals surface area contributed by atoms with E-state index in [-0.39, 0.29) is 12.3 Å². The van der Waals surface area contributed by atoms with Gasteiger partial charge in [-0.1, -0.05) is 24.3 Å². The van der Waals surface area contributed by atoms with Crippen molar-refractivity contribution in [1.29, 1.82) is 0 Å². The SMILES string of the molecule is COc1c(C)cc(-c2cccc(C(CC(=O)O)c3nccs3)c2)cc1C. The molecule has 3 aromatic rings. The van der Waals surface area contributed by atoms with Crippen molar-refractivity contribution in [3.05, 3.63) is 69.7 Å². The summed E-state index contributed by atoms with van der Waals surface area (Å²) in [6.45, 7) is 4.06. The Morgan fingerprint density at radius 1 is 1.19 bits per heavy atom. The first kappa shape index (κ1) is 18.1. The van der Waals surface area contributed by atoms with Crippen LogP contribution >= 0.6 is 11.3 Å². The molecule has 1 atom stereocenters. The molecule has 0 fully saturated rings. The minimum Gasteiger partial charge on any atom is -0.496 e. The van der Waals surface area contributed by atoms with Crippen LogP contribution in [0.4, 0.5) is 0 Å². The van der Waals surface area contributed by atoms with Crippen LogP contribution in [0.2, 0.25) is 0 Å². The van der Waals surface area contributed by atoms with Gasteiger partial charge in [0.25, 0.3) is 0 Å². The normalized spacial score (nSPS) is 12.0. The second kappa shape index (κ2) is 7.70. The zero-order valence-corrected chi connectivity index (χ0v) is 15.8. The topological polar surface area (TPSA) is 59.4 Å². The van der Waals surface area contributed by atoms with Gasteiger partial charge in [-0.3, -0.25) is 4.79 Å². The summed E-state index contributed by atoms with van der Waals surface area (Å²) in [4.78, 5) is 15.7. The van der Waals surface area contributed by atoms with Gasteiger partial charge < -0.3 is 9.84 Å². The number of ether oxygens (including phenoxy) is 1. The number of nitrogens with zero attached hydrogens (tertiary/aromatic N) is 1. The lowest BCUT2D eigenvalue weighted by atomic mass is 9.92. The molecule has 5 heteroatoms. The predicted molar refractivity (Wildman–Crippen MR) is 104 cm³/mol. The first-order valence-electron chi connectivity index (χ1n) is 8.36. The van der Waals surface area contributed by atoms with Crippen molar-refractivity contribution in [3.63, 3.8) is 0 Å². The molecule has 0 amide bonds. The molecule has 26 heavy (non-hydrogen) atoms. The van der Waals surface area contributed by atoms with Gasteiger partial charge >= 0.3 is 5.97 Å². The molecule has 4 nitrogen and oxygen atoms in total. The summed E-state index contributed by atoms with van der Waals surface area (Å²) in [5, 5.41) is 12.0. The number of carboxylic acid groups (broad SMARTS) is 1. The number of carbonyl (C=O) groups is 1. The Kier molecular flexibility index (Phi) is 5.38. The van der Waals surface area contributed by atoms with Crippen LogP contribution in [0.3, 0.4) is 0 Å². The minimum atomic E-state index is -0.827. The molecule has 134 valence electrons. The summed E-state index contributed by atoms with van der Waals surface area (Å²) in [5.41, 5.74) is 5.27. The third-order valence-corrected chi connectivity index (χ3v) is 5.30. The summed E-state index contributed by atoms with van der Waals surface area (Å²) in [6.07, 6.45) is 1.74. The van der Waals surface area contributed by atoms with Crippen LogP contribution in [0.1, 0.15) is 34.0 Å². The van der Waals surface area contributed by atoms with Crippen molar-refractivity contribution in [2.75, 3.05) is 7.11 Å². The van der Waals surface area contributed by atoms with Crippen LogP contribution < -0.4 is 4.74 Å². The Morgan fingerprint density at radius 2 is 1.92 bits per heavy atom. The third-order valence-electron chi connectivity index (χ3n) is 4.42.